The second kappa shape index (κ2) is 12.2. The quantitative estimate of drug-likeness (QED) is 0.307. The third-order valence-corrected chi connectivity index (χ3v) is 7.39. The molecule has 2 N–H and O–H groups in total. The minimum absolute atomic E-state index is 0. The molecule has 1 aromatic rings. The highest BCUT2D eigenvalue weighted by molar-refractivity contribution is 14.0. The molecule has 0 unspecified atom stereocenters. The summed E-state index contributed by atoms with van der Waals surface area (Å²) < 4.78 is 32.4. The summed E-state index contributed by atoms with van der Waals surface area (Å²) >= 11 is 1.29. The lowest BCUT2D eigenvalue weighted by Crippen LogP contribution is -2.40. The van der Waals surface area contributed by atoms with Crippen molar-refractivity contribution in [3.63, 3.8) is 0 Å². The predicted octanol–water partition coefficient (Wildman–Crippen LogP) is 2.49. The van der Waals surface area contributed by atoms with Crippen molar-refractivity contribution in [2.75, 3.05) is 39.4 Å². The summed E-state index contributed by atoms with van der Waals surface area (Å²) in [5.74, 6) is 1.40. The fraction of sp³-hybridized carbons (Fsp3) is 0.706. The van der Waals surface area contributed by atoms with Crippen LogP contribution in [0.2, 0.25) is 0 Å². The first kappa shape index (κ1) is 24.6. The molecule has 10 heteroatoms. The first-order chi connectivity index (χ1) is 12.4. The Labute approximate surface area is 184 Å². The van der Waals surface area contributed by atoms with Crippen molar-refractivity contribution >= 4 is 51.3 Å². The number of sulfonamides is 1. The minimum Gasteiger partial charge on any atom is -0.379 e. The van der Waals surface area contributed by atoms with E-state index in [9.17, 15) is 8.42 Å². The molecule has 0 saturated carbocycles. The topological polar surface area (TPSA) is 83.0 Å². The van der Waals surface area contributed by atoms with Gasteiger partial charge >= 0.3 is 0 Å². The van der Waals surface area contributed by atoms with Gasteiger partial charge < -0.3 is 15.4 Å². The van der Waals surface area contributed by atoms with Crippen molar-refractivity contribution in [3.8, 4) is 0 Å². The smallest absolute Gasteiger partial charge is 0.252 e. The molecule has 0 amide bonds. The Kier molecular flexibility index (Phi) is 11.1. The van der Waals surface area contributed by atoms with Crippen LogP contribution in [0.5, 0.6) is 0 Å². The Morgan fingerprint density at radius 1 is 1.30 bits per heavy atom. The van der Waals surface area contributed by atoms with Gasteiger partial charge in [0.15, 0.2) is 5.96 Å². The van der Waals surface area contributed by atoms with E-state index in [0.717, 1.165) is 30.3 Å². The fourth-order valence-corrected chi connectivity index (χ4v) is 5.32. The highest BCUT2D eigenvalue weighted by Gasteiger charge is 2.27. The van der Waals surface area contributed by atoms with Crippen LogP contribution >= 0.6 is 35.3 Å². The monoisotopic (exact) mass is 530 g/mol. The van der Waals surface area contributed by atoms with Gasteiger partial charge in [-0.05, 0) is 31.4 Å². The van der Waals surface area contributed by atoms with Gasteiger partial charge in [-0.15, -0.1) is 35.3 Å². The zero-order chi connectivity index (χ0) is 19.0. The van der Waals surface area contributed by atoms with Crippen LogP contribution in [0.3, 0.4) is 0 Å². The fourth-order valence-electron chi connectivity index (χ4n) is 2.47. The number of nitrogens with zero attached hydrogens (tertiary/aromatic N) is 2. The van der Waals surface area contributed by atoms with E-state index in [-0.39, 0.29) is 24.0 Å². The van der Waals surface area contributed by atoms with Crippen LogP contribution in [0.25, 0.3) is 0 Å². The number of guanidine groups is 1. The summed E-state index contributed by atoms with van der Waals surface area (Å²) in [6, 6.07) is 3.53. The maximum Gasteiger partial charge on any atom is 0.252 e. The van der Waals surface area contributed by atoms with Crippen LogP contribution in [0.4, 0.5) is 0 Å². The number of rotatable bonds is 8. The molecule has 0 aliphatic carbocycles. The van der Waals surface area contributed by atoms with E-state index in [1.807, 2.05) is 13.0 Å². The van der Waals surface area contributed by atoms with E-state index in [1.54, 1.807) is 6.07 Å². The zero-order valence-corrected chi connectivity index (χ0v) is 20.2. The zero-order valence-electron chi connectivity index (χ0n) is 16.2. The van der Waals surface area contributed by atoms with Crippen LogP contribution < -0.4 is 10.6 Å². The molecule has 1 saturated heterocycles. The normalized spacial score (nSPS) is 16.2. The van der Waals surface area contributed by atoms with E-state index >= 15 is 0 Å². The second-order valence-corrected chi connectivity index (χ2v) is 9.87. The van der Waals surface area contributed by atoms with E-state index in [2.05, 4.69) is 29.5 Å². The van der Waals surface area contributed by atoms with Gasteiger partial charge in [0, 0.05) is 31.1 Å². The van der Waals surface area contributed by atoms with Gasteiger partial charge in [-0.25, -0.2) is 13.4 Å². The van der Waals surface area contributed by atoms with E-state index in [4.69, 9.17) is 4.74 Å². The first-order valence-corrected chi connectivity index (χ1v) is 11.4. The van der Waals surface area contributed by atoms with Crippen molar-refractivity contribution in [2.45, 2.75) is 37.9 Å². The average molecular weight is 530 g/mol. The van der Waals surface area contributed by atoms with Crippen molar-refractivity contribution in [1.29, 1.82) is 0 Å². The Hall–Kier alpha value is -0.430. The molecule has 2 heterocycles. The summed E-state index contributed by atoms with van der Waals surface area (Å²) in [6.45, 7) is 10.3. The van der Waals surface area contributed by atoms with Crippen molar-refractivity contribution in [2.24, 2.45) is 10.9 Å². The Morgan fingerprint density at radius 2 is 2.00 bits per heavy atom. The van der Waals surface area contributed by atoms with Crippen LogP contribution in [0.15, 0.2) is 21.3 Å². The van der Waals surface area contributed by atoms with Crippen molar-refractivity contribution in [1.82, 2.24) is 14.9 Å². The van der Waals surface area contributed by atoms with Gasteiger partial charge in [-0.3, -0.25) is 0 Å². The molecule has 0 radical (unpaired) electrons. The Balaban J connectivity index is 0.00000364. The number of nitrogens with one attached hydrogen (secondary N) is 2. The standard InChI is InChI=1S/C17H30N4O3S2.HI/c1-4-18-17(19-8-7-14(2)3)20-13-15-5-6-16(25-15)26(22,23)21-9-11-24-12-10-21;/h5-6,14H,4,7-13H2,1-3H3,(H2,18,19,20);1H. The molecular formula is C17H31IN4O3S2. The molecule has 0 atom stereocenters. The second-order valence-electron chi connectivity index (χ2n) is 6.54. The summed E-state index contributed by atoms with van der Waals surface area (Å²) in [4.78, 5) is 5.49. The van der Waals surface area contributed by atoms with Gasteiger partial charge in [-0.1, -0.05) is 13.8 Å². The molecular weight excluding hydrogens is 499 g/mol. The summed E-state index contributed by atoms with van der Waals surface area (Å²) in [6.07, 6.45) is 1.07. The maximum absolute atomic E-state index is 12.7. The summed E-state index contributed by atoms with van der Waals surface area (Å²) in [7, 11) is -3.42. The predicted molar refractivity (Wildman–Crippen MR) is 122 cm³/mol. The number of morpholine rings is 1. The first-order valence-electron chi connectivity index (χ1n) is 9.12. The molecule has 1 aliphatic heterocycles. The molecule has 1 fully saturated rings. The van der Waals surface area contributed by atoms with E-state index in [0.29, 0.717) is 43.0 Å². The van der Waals surface area contributed by atoms with Gasteiger partial charge in [0.05, 0.1) is 19.8 Å². The van der Waals surface area contributed by atoms with Crippen LogP contribution in [0, 0.1) is 5.92 Å². The molecule has 2 rings (SSSR count). The van der Waals surface area contributed by atoms with E-state index in [1.165, 1.54) is 15.6 Å². The van der Waals surface area contributed by atoms with Crippen LogP contribution in [-0.4, -0.2) is 58.1 Å². The van der Waals surface area contributed by atoms with Gasteiger partial charge in [0.2, 0.25) is 0 Å². The van der Waals surface area contributed by atoms with Crippen molar-refractivity contribution < 1.29 is 13.2 Å². The number of halogens is 1. The Bertz CT molecular complexity index is 686. The maximum atomic E-state index is 12.7. The largest absolute Gasteiger partial charge is 0.379 e. The number of aliphatic imine (C=N–C) groups is 1. The molecule has 1 aromatic heterocycles. The average Bonchev–Trinajstić information content (AvgIpc) is 3.10. The third kappa shape index (κ3) is 7.84. The lowest BCUT2D eigenvalue weighted by atomic mass is 10.1. The van der Waals surface area contributed by atoms with Gasteiger partial charge in [0.1, 0.15) is 4.21 Å². The molecule has 0 spiro atoms. The SMILES string of the molecule is CCNC(=NCc1ccc(S(=O)(=O)N2CCOCC2)s1)NCCC(C)C.I. The van der Waals surface area contributed by atoms with E-state index < -0.39 is 10.0 Å². The molecule has 156 valence electrons. The number of thiophene rings is 1. The van der Waals surface area contributed by atoms with Crippen molar-refractivity contribution in [3.05, 3.63) is 17.0 Å². The third-order valence-electron chi connectivity index (χ3n) is 3.95. The van der Waals surface area contributed by atoms with Gasteiger partial charge in [-0.2, -0.15) is 4.31 Å². The molecule has 7 nitrogen and oxygen atoms in total. The van der Waals surface area contributed by atoms with Crippen LogP contribution in [0.1, 0.15) is 32.1 Å². The highest BCUT2D eigenvalue weighted by atomic mass is 127. The molecule has 0 bridgehead atoms. The lowest BCUT2D eigenvalue weighted by Gasteiger charge is -2.25. The van der Waals surface area contributed by atoms with Gasteiger partial charge in [0.25, 0.3) is 10.0 Å². The molecule has 0 aromatic carbocycles. The lowest BCUT2D eigenvalue weighted by molar-refractivity contribution is 0.0731. The summed E-state index contributed by atoms with van der Waals surface area (Å²) in [5, 5.41) is 6.53. The minimum atomic E-state index is -3.42. The number of hydrogen-bond acceptors (Lipinski definition) is 5. The Morgan fingerprint density at radius 3 is 2.63 bits per heavy atom. The summed E-state index contributed by atoms with van der Waals surface area (Å²) in [5.41, 5.74) is 0. The molecule has 1 aliphatic rings. The number of ether oxygens (including phenoxy) is 1. The molecule has 27 heavy (non-hydrogen) atoms. The van der Waals surface area contributed by atoms with Crippen LogP contribution in [-0.2, 0) is 21.3 Å². The highest BCUT2D eigenvalue weighted by Crippen LogP contribution is 2.26. The number of hydrogen-bond donors (Lipinski definition) is 2.